The number of anilines is 2. The van der Waals surface area contributed by atoms with Gasteiger partial charge in [-0.1, -0.05) is 6.07 Å². The molecule has 110 valence electrons. The van der Waals surface area contributed by atoms with E-state index in [0.29, 0.717) is 31.1 Å². The Bertz CT molecular complexity index is 449. The molecule has 0 atom stereocenters. The summed E-state index contributed by atoms with van der Waals surface area (Å²) in [5, 5.41) is 8.09. The molecule has 0 radical (unpaired) electrons. The van der Waals surface area contributed by atoms with Crippen LogP contribution in [-0.4, -0.2) is 31.7 Å². The zero-order chi connectivity index (χ0) is 14.8. The Morgan fingerprint density at radius 1 is 1.20 bits per heavy atom. The van der Waals surface area contributed by atoms with Crippen LogP contribution in [0.5, 0.6) is 0 Å². The monoisotopic (exact) mass is 279 g/mol. The standard InChI is InChI=1S/C14H21N3O3/c1-3-20-9-5-8-15-14(19)17-13-7-4-6-12(10-13)16-11(2)18/h4,6-7,10H,3,5,8-9H2,1-2H3,(H,16,18)(H2,15,17,19). The summed E-state index contributed by atoms with van der Waals surface area (Å²) in [6, 6.07) is 6.69. The summed E-state index contributed by atoms with van der Waals surface area (Å²) in [6.07, 6.45) is 0.771. The molecule has 0 unspecified atom stereocenters. The minimum atomic E-state index is -0.276. The van der Waals surface area contributed by atoms with Crippen LogP contribution in [0.2, 0.25) is 0 Å². The summed E-state index contributed by atoms with van der Waals surface area (Å²) >= 11 is 0. The van der Waals surface area contributed by atoms with Crippen LogP contribution in [-0.2, 0) is 9.53 Å². The van der Waals surface area contributed by atoms with Gasteiger partial charge in [0.2, 0.25) is 5.91 Å². The molecule has 0 spiro atoms. The summed E-state index contributed by atoms with van der Waals surface area (Å²) < 4.78 is 5.17. The normalized spacial score (nSPS) is 9.90. The Balaban J connectivity index is 2.36. The number of hydrogen-bond donors (Lipinski definition) is 3. The first kappa shape index (κ1) is 16.0. The number of urea groups is 1. The Morgan fingerprint density at radius 2 is 1.90 bits per heavy atom. The topological polar surface area (TPSA) is 79.5 Å². The zero-order valence-corrected chi connectivity index (χ0v) is 11.9. The number of amides is 3. The molecule has 0 aliphatic carbocycles. The van der Waals surface area contributed by atoms with E-state index in [1.54, 1.807) is 24.3 Å². The molecular weight excluding hydrogens is 258 g/mol. The van der Waals surface area contributed by atoms with Crippen molar-refractivity contribution >= 4 is 23.3 Å². The number of benzene rings is 1. The van der Waals surface area contributed by atoms with Gasteiger partial charge in [-0.15, -0.1) is 0 Å². The molecule has 1 rings (SSSR count). The molecule has 3 N–H and O–H groups in total. The highest BCUT2D eigenvalue weighted by atomic mass is 16.5. The second-order valence-corrected chi connectivity index (χ2v) is 4.19. The van der Waals surface area contributed by atoms with E-state index in [0.717, 1.165) is 6.42 Å². The number of nitrogens with one attached hydrogen (secondary N) is 3. The van der Waals surface area contributed by atoms with E-state index in [4.69, 9.17) is 4.74 Å². The van der Waals surface area contributed by atoms with Crippen molar-refractivity contribution < 1.29 is 14.3 Å². The molecule has 6 heteroatoms. The second-order valence-electron chi connectivity index (χ2n) is 4.19. The number of carbonyl (C=O) groups is 2. The van der Waals surface area contributed by atoms with Crippen LogP contribution in [0.15, 0.2) is 24.3 Å². The van der Waals surface area contributed by atoms with Gasteiger partial charge in [0.1, 0.15) is 0 Å². The lowest BCUT2D eigenvalue weighted by Crippen LogP contribution is -2.30. The van der Waals surface area contributed by atoms with Crippen LogP contribution in [0.3, 0.4) is 0 Å². The quantitative estimate of drug-likeness (QED) is 0.669. The van der Waals surface area contributed by atoms with Crippen molar-refractivity contribution in [3.05, 3.63) is 24.3 Å². The molecule has 0 saturated heterocycles. The first-order chi connectivity index (χ1) is 9.61. The maximum atomic E-state index is 11.6. The van der Waals surface area contributed by atoms with Gasteiger partial charge in [0.05, 0.1) is 0 Å². The molecule has 1 aromatic carbocycles. The Hall–Kier alpha value is -2.08. The Labute approximate surface area is 118 Å². The third-order valence-corrected chi connectivity index (χ3v) is 2.40. The van der Waals surface area contributed by atoms with Gasteiger partial charge < -0.3 is 20.7 Å². The van der Waals surface area contributed by atoms with E-state index >= 15 is 0 Å². The smallest absolute Gasteiger partial charge is 0.319 e. The molecule has 20 heavy (non-hydrogen) atoms. The van der Waals surface area contributed by atoms with Crippen molar-refractivity contribution in [3.8, 4) is 0 Å². The highest BCUT2D eigenvalue weighted by Crippen LogP contribution is 2.14. The summed E-state index contributed by atoms with van der Waals surface area (Å²) in [7, 11) is 0. The van der Waals surface area contributed by atoms with Crippen molar-refractivity contribution in [1.29, 1.82) is 0 Å². The third-order valence-electron chi connectivity index (χ3n) is 2.40. The molecule has 0 aliphatic rings. The van der Waals surface area contributed by atoms with Gasteiger partial charge in [0, 0.05) is 38.1 Å². The van der Waals surface area contributed by atoms with Crippen LogP contribution in [0.1, 0.15) is 20.3 Å². The predicted molar refractivity (Wildman–Crippen MR) is 78.9 cm³/mol. The number of ether oxygens (including phenoxy) is 1. The van der Waals surface area contributed by atoms with E-state index in [2.05, 4.69) is 16.0 Å². The van der Waals surface area contributed by atoms with E-state index in [9.17, 15) is 9.59 Å². The summed E-state index contributed by atoms with van der Waals surface area (Å²) in [6.45, 7) is 5.24. The molecule has 6 nitrogen and oxygen atoms in total. The Kier molecular flexibility index (Phi) is 7.13. The lowest BCUT2D eigenvalue weighted by Gasteiger charge is -2.09. The number of hydrogen-bond acceptors (Lipinski definition) is 3. The van der Waals surface area contributed by atoms with E-state index < -0.39 is 0 Å². The summed E-state index contributed by atoms with van der Waals surface area (Å²) in [5.74, 6) is -0.150. The van der Waals surface area contributed by atoms with Crippen LogP contribution in [0.4, 0.5) is 16.2 Å². The van der Waals surface area contributed by atoms with Gasteiger partial charge in [0.25, 0.3) is 0 Å². The van der Waals surface area contributed by atoms with E-state index in [1.807, 2.05) is 6.92 Å². The largest absolute Gasteiger partial charge is 0.382 e. The molecular formula is C14H21N3O3. The number of carbonyl (C=O) groups excluding carboxylic acids is 2. The lowest BCUT2D eigenvalue weighted by atomic mass is 10.2. The fourth-order valence-electron chi connectivity index (χ4n) is 1.57. The molecule has 3 amide bonds. The van der Waals surface area contributed by atoms with Crippen molar-refractivity contribution in [3.63, 3.8) is 0 Å². The molecule has 0 saturated carbocycles. The average molecular weight is 279 g/mol. The van der Waals surface area contributed by atoms with E-state index in [-0.39, 0.29) is 11.9 Å². The lowest BCUT2D eigenvalue weighted by molar-refractivity contribution is -0.114. The van der Waals surface area contributed by atoms with Gasteiger partial charge >= 0.3 is 6.03 Å². The van der Waals surface area contributed by atoms with Gasteiger partial charge in [-0.2, -0.15) is 0 Å². The fraction of sp³-hybridized carbons (Fsp3) is 0.429. The zero-order valence-electron chi connectivity index (χ0n) is 11.9. The highest BCUT2D eigenvalue weighted by molar-refractivity contribution is 5.92. The van der Waals surface area contributed by atoms with Crippen molar-refractivity contribution in [2.75, 3.05) is 30.4 Å². The summed E-state index contributed by atoms with van der Waals surface area (Å²) in [4.78, 5) is 22.6. The molecule has 0 heterocycles. The SMILES string of the molecule is CCOCCCNC(=O)Nc1cccc(NC(C)=O)c1. The maximum absolute atomic E-state index is 11.6. The minimum absolute atomic E-state index is 0.150. The van der Waals surface area contributed by atoms with Gasteiger partial charge in [-0.3, -0.25) is 4.79 Å². The minimum Gasteiger partial charge on any atom is -0.382 e. The molecule has 0 fully saturated rings. The van der Waals surface area contributed by atoms with Crippen molar-refractivity contribution in [1.82, 2.24) is 5.32 Å². The average Bonchev–Trinajstić information content (AvgIpc) is 2.38. The van der Waals surface area contributed by atoms with Gasteiger partial charge in [-0.25, -0.2) is 4.79 Å². The molecule has 1 aromatic rings. The first-order valence-corrected chi connectivity index (χ1v) is 6.62. The molecule has 0 aliphatic heterocycles. The van der Waals surface area contributed by atoms with Crippen LogP contribution in [0, 0.1) is 0 Å². The number of rotatable bonds is 7. The van der Waals surface area contributed by atoms with Crippen molar-refractivity contribution in [2.24, 2.45) is 0 Å². The van der Waals surface area contributed by atoms with Crippen LogP contribution in [0.25, 0.3) is 0 Å². The Morgan fingerprint density at radius 3 is 2.55 bits per heavy atom. The molecule has 0 aromatic heterocycles. The second kappa shape index (κ2) is 8.92. The maximum Gasteiger partial charge on any atom is 0.319 e. The third kappa shape index (κ3) is 6.75. The van der Waals surface area contributed by atoms with Gasteiger partial charge in [-0.05, 0) is 31.5 Å². The van der Waals surface area contributed by atoms with E-state index in [1.165, 1.54) is 6.92 Å². The summed E-state index contributed by atoms with van der Waals surface area (Å²) in [5.41, 5.74) is 1.27. The van der Waals surface area contributed by atoms with Crippen LogP contribution >= 0.6 is 0 Å². The predicted octanol–water partition coefficient (Wildman–Crippen LogP) is 2.19. The van der Waals surface area contributed by atoms with Gasteiger partial charge in [0.15, 0.2) is 0 Å². The highest BCUT2D eigenvalue weighted by Gasteiger charge is 2.02. The fourth-order valence-corrected chi connectivity index (χ4v) is 1.57. The van der Waals surface area contributed by atoms with Crippen LogP contribution < -0.4 is 16.0 Å². The molecule has 0 bridgehead atoms. The van der Waals surface area contributed by atoms with Crippen molar-refractivity contribution in [2.45, 2.75) is 20.3 Å². The first-order valence-electron chi connectivity index (χ1n) is 6.62.